The van der Waals surface area contributed by atoms with E-state index in [-0.39, 0.29) is 18.1 Å². The van der Waals surface area contributed by atoms with E-state index in [4.69, 9.17) is 0 Å². The van der Waals surface area contributed by atoms with Crippen LogP contribution in [0.3, 0.4) is 0 Å². The number of Topliss-reactive ketones (excluding diaryl/α,β-unsaturated/α-hetero) is 1. The number of aliphatic hydroxyl groups is 1. The number of unbranched alkanes of at least 4 members (excludes halogenated alkanes) is 2. The second kappa shape index (κ2) is 27.1. The highest BCUT2D eigenvalue weighted by molar-refractivity contribution is 7.09. The fourth-order valence-corrected chi connectivity index (χ4v) is 5.40. The summed E-state index contributed by atoms with van der Waals surface area (Å²) in [6.45, 7) is 22.7. The summed E-state index contributed by atoms with van der Waals surface area (Å²) in [6, 6.07) is 0. The van der Waals surface area contributed by atoms with Gasteiger partial charge < -0.3 is 9.90 Å². The van der Waals surface area contributed by atoms with Gasteiger partial charge in [0.15, 0.2) is 0 Å². The largest absolute Gasteiger partial charge is 0.392 e. The Morgan fingerprint density at radius 1 is 1.02 bits per heavy atom. The zero-order valence-electron chi connectivity index (χ0n) is 28.6. The third-order valence-electron chi connectivity index (χ3n) is 7.39. The third kappa shape index (κ3) is 21.6. The van der Waals surface area contributed by atoms with E-state index in [0.717, 1.165) is 30.0 Å². The molecule has 0 spiro atoms. The standard InChI is InChI=1S/C27H45NO3S.C5H12.C2H6.C2H2/c1-19(11-9-13-21(3)17-24-18-32-23(5)28-24)10-8-12-20(2)16-22(4)26(31)27(6,7)25(30)14-15-29;1-3-5-4-2;2*1-2/h15,17-20,22,25,30H,8-14,16H2,1-7H3;3-5H2,1-2H3;1-2H3;1-2H/b21-17+;;;. The van der Waals surface area contributed by atoms with Crippen LogP contribution in [-0.4, -0.2) is 28.3 Å². The molecule has 0 aromatic carbocycles. The van der Waals surface area contributed by atoms with Crippen molar-refractivity contribution in [1.82, 2.24) is 4.98 Å². The van der Waals surface area contributed by atoms with Crippen LogP contribution in [0.1, 0.15) is 151 Å². The number of carbonyl (C=O) groups excluding carboxylic acids is 2. The van der Waals surface area contributed by atoms with Crippen LogP contribution < -0.4 is 0 Å². The monoisotopic (exact) mass is 591 g/mol. The van der Waals surface area contributed by atoms with E-state index in [1.54, 1.807) is 25.2 Å². The number of ketones is 1. The number of aryl methyl sites for hydroxylation is 1. The molecule has 1 heterocycles. The summed E-state index contributed by atoms with van der Waals surface area (Å²) in [7, 11) is 0. The molecule has 1 N–H and O–H groups in total. The molecule has 238 valence electrons. The molecule has 0 saturated heterocycles. The predicted molar refractivity (Wildman–Crippen MR) is 182 cm³/mol. The number of allylic oxidation sites excluding steroid dienone is 1. The van der Waals surface area contributed by atoms with Crippen molar-refractivity contribution in [2.24, 2.45) is 23.2 Å². The van der Waals surface area contributed by atoms with Crippen molar-refractivity contribution in [3.05, 3.63) is 21.7 Å². The first-order valence-corrected chi connectivity index (χ1v) is 16.8. The van der Waals surface area contributed by atoms with E-state index in [1.807, 2.05) is 27.7 Å². The fraction of sp³-hybridized carbons (Fsp3) is 0.750. The van der Waals surface area contributed by atoms with Crippen LogP contribution in [0.15, 0.2) is 11.0 Å². The minimum absolute atomic E-state index is 0.0127. The summed E-state index contributed by atoms with van der Waals surface area (Å²) >= 11 is 1.70. The Bertz CT molecular complexity index is 822. The molecule has 0 bridgehead atoms. The molecule has 5 heteroatoms. The van der Waals surface area contributed by atoms with Crippen LogP contribution in [0.25, 0.3) is 6.08 Å². The zero-order chi connectivity index (χ0) is 32.4. The van der Waals surface area contributed by atoms with Gasteiger partial charge in [-0.3, -0.25) is 4.79 Å². The summed E-state index contributed by atoms with van der Waals surface area (Å²) < 4.78 is 0. The molecule has 0 saturated carbocycles. The van der Waals surface area contributed by atoms with E-state index in [0.29, 0.717) is 18.1 Å². The normalized spacial score (nSPS) is 14.0. The highest BCUT2D eigenvalue weighted by Gasteiger charge is 2.38. The third-order valence-corrected chi connectivity index (χ3v) is 8.18. The number of hydrogen-bond acceptors (Lipinski definition) is 5. The lowest BCUT2D eigenvalue weighted by molar-refractivity contribution is -0.138. The maximum atomic E-state index is 12.8. The average molecular weight is 592 g/mol. The van der Waals surface area contributed by atoms with Crippen LogP contribution in [0, 0.1) is 42.9 Å². The number of hydrogen-bond donors (Lipinski definition) is 1. The molecule has 1 rings (SSSR count). The average Bonchev–Trinajstić information content (AvgIpc) is 3.35. The zero-order valence-corrected chi connectivity index (χ0v) is 29.4. The second-order valence-corrected chi connectivity index (χ2v) is 12.9. The van der Waals surface area contributed by atoms with Crippen molar-refractivity contribution in [3.8, 4) is 12.8 Å². The Labute approximate surface area is 259 Å². The van der Waals surface area contributed by atoms with Gasteiger partial charge in [0.1, 0.15) is 12.1 Å². The minimum atomic E-state index is -0.907. The summed E-state index contributed by atoms with van der Waals surface area (Å²) in [5.41, 5.74) is 1.61. The first-order valence-electron chi connectivity index (χ1n) is 16.0. The van der Waals surface area contributed by atoms with Crippen LogP contribution in [0.5, 0.6) is 0 Å². The van der Waals surface area contributed by atoms with Gasteiger partial charge in [0, 0.05) is 23.1 Å². The summed E-state index contributed by atoms with van der Waals surface area (Å²) in [6.07, 6.45) is 22.0. The van der Waals surface area contributed by atoms with Gasteiger partial charge in [0.25, 0.3) is 0 Å². The predicted octanol–water partition coefficient (Wildman–Crippen LogP) is 10.5. The Morgan fingerprint density at radius 2 is 1.56 bits per heavy atom. The van der Waals surface area contributed by atoms with E-state index in [9.17, 15) is 14.7 Å². The van der Waals surface area contributed by atoms with Crippen molar-refractivity contribution < 1.29 is 14.7 Å². The molecule has 4 nitrogen and oxygen atoms in total. The lowest BCUT2D eigenvalue weighted by Crippen LogP contribution is -2.40. The lowest BCUT2D eigenvalue weighted by Gasteiger charge is -2.31. The van der Waals surface area contributed by atoms with E-state index < -0.39 is 11.5 Å². The molecule has 0 aliphatic rings. The molecule has 4 unspecified atom stereocenters. The van der Waals surface area contributed by atoms with Gasteiger partial charge in [0.2, 0.25) is 0 Å². The number of aliphatic hydroxyl groups excluding tert-OH is 1. The van der Waals surface area contributed by atoms with Crippen molar-refractivity contribution in [2.45, 2.75) is 153 Å². The van der Waals surface area contributed by atoms with Gasteiger partial charge in [-0.25, -0.2) is 4.98 Å². The molecule has 0 aliphatic carbocycles. The van der Waals surface area contributed by atoms with Crippen molar-refractivity contribution >= 4 is 29.5 Å². The second-order valence-electron chi connectivity index (χ2n) is 11.8. The molecule has 4 atom stereocenters. The lowest BCUT2D eigenvalue weighted by atomic mass is 9.74. The topological polar surface area (TPSA) is 67.3 Å². The molecule has 1 aromatic heterocycles. The summed E-state index contributed by atoms with van der Waals surface area (Å²) in [5.74, 6) is 1.15. The van der Waals surface area contributed by atoms with E-state index in [2.05, 4.69) is 63.9 Å². The fourth-order valence-electron chi connectivity index (χ4n) is 4.83. The van der Waals surface area contributed by atoms with Gasteiger partial charge in [-0.1, -0.05) is 113 Å². The highest BCUT2D eigenvalue weighted by atomic mass is 32.1. The minimum Gasteiger partial charge on any atom is -0.392 e. The maximum absolute atomic E-state index is 12.8. The Morgan fingerprint density at radius 3 is 2.02 bits per heavy atom. The van der Waals surface area contributed by atoms with Gasteiger partial charge in [0.05, 0.1) is 16.8 Å². The Hall–Kier alpha value is -1.77. The van der Waals surface area contributed by atoms with Gasteiger partial charge in [-0.15, -0.1) is 24.2 Å². The number of nitrogens with zero attached hydrogens (tertiary/aromatic N) is 1. The molecular formula is C36H65NO3S. The van der Waals surface area contributed by atoms with Crippen LogP contribution in [0.2, 0.25) is 0 Å². The van der Waals surface area contributed by atoms with Crippen LogP contribution >= 0.6 is 11.3 Å². The number of thiazole rings is 1. The molecular weight excluding hydrogens is 526 g/mol. The molecule has 41 heavy (non-hydrogen) atoms. The smallest absolute Gasteiger partial charge is 0.143 e. The maximum Gasteiger partial charge on any atom is 0.143 e. The number of terminal acetylenes is 1. The quantitative estimate of drug-likeness (QED) is 0.136. The number of aromatic nitrogens is 1. The molecule has 0 radical (unpaired) electrons. The van der Waals surface area contributed by atoms with Crippen molar-refractivity contribution in [2.75, 3.05) is 0 Å². The van der Waals surface area contributed by atoms with E-state index >= 15 is 0 Å². The summed E-state index contributed by atoms with van der Waals surface area (Å²) in [5, 5.41) is 13.4. The first kappa shape index (κ1) is 43.7. The van der Waals surface area contributed by atoms with Crippen LogP contribution in [-0.2, 0) is 9.59 Å². The highest BCUT2D eigenvalue weighted by Crippen LogP contribution is 2.31. The SMILES string of the molecule is C#C.C/C(=C\c1csc(C)n1)CCCC(C)CCCC(C)CC(C)C(=O)C(C)(C)C(O)CC=O.CC.CCCCC. The van der Waals surface area contributed by atoms with E-state index in [1.165, 1.54) is 50.5 Å². The van der Waals surface area contributed by atoms with Gasteiger partial charge in [-0.2, -0.15) is 0 Å². The Balaban J connectivity index is -0.00000141. The molecule has 0 fully saturated rings. The molecule has 1 aromatic rings. The number of rotatable bonds is 18. The number of carbonyl (C=O) groups is 2. The van der Waals surface area contributed by atoms with Gasteiger partial charge in [-0.05, 0) is 51.0 Å². The van der Waals surface area contributed by atoms with Gasteiger partial charge >= 0.3 is 0 Å². The van der Waals surface area contributed by atoms with Crippen LogP contribution in [0.4, 0.5) is 0 Å². The number of aldehydes is 1. The molecule has 0 amide bonds. The first-order chi connectivity index (χ1) is 19.4. The Kier molecular flexibility index (Phi) is 28.9. The summed E-state index contributed by atoms with van der Waals surface area (Å²) in [4.78, 5) is 28.0. The molecule has 0 aliphatic heterocycles. The van der Waals surface area contributed by atoms with Crippen molar-refractivity contribution in [3.63, 3.8) is 0 Å². The van der Waals surface area contributed by atoms with Crippen molar-refractivity contribution in [1.29, 1.82) is 0 Å².